The van der Waals surface area contributed by atoms with Crippen LogP contribution in [0.2, 0.25) is 0 Å². The van der Waals surface area contributed by atoms with Crippen LogP contribution in [-0.4, -0.2) is 60.7 Å². The summed E-state index contributed by atoms with van der Waals surface area (Å²) >= 11 is 0. The third-order valence-corrected chi connectivity index (χ3v) is 3.37. The third-order valence-electron chi connectivity index (χ3n) is 3.37. The number of guanidine groups is 1. The Morgan fingerprint density at radius 1 is 1.12 bits per heavy atom. The van der Waals surface area contributed by atoms with Crippen molar-refractivity contribution in [2.45, 2.75) is 33.2 Å². The van der Waals surface area contributed by atoms with Crippen molar-refractivity contribution in [3.8, 4) is 0 Å². The van der Waals surface area contributed by atoms with Crippen LogP contribution in [0.3, 0.4) is 0 Å². The number of aromatic nitrogens is 3. The minimum absolute atomic E-state index is 0. The number of nitrogens with one attached hydrogen (secondary N) is 2. The zero-order valence-corrected chi connectivity index (χ0v) is 17.5. The summed E-state index contributed by atoms with van der Waals surface area (Å²) in [5.41, 5.74) is 0. The number of hydrogen-bond acceptors (Lipinski definition) is 5. The summed E-state index contributed by atoms with van der Waals surface area (Å²) in [7, 11) is 3.68. The lowest BCUT2D eigenvalue weighted by Gasteiger charge is -2.12. The summed E-state index contributed by atoms with van der Waals surface area (Å²) < 4.78 is 12.9. The van der Waals surface area contributed by atoms with Crippen LogP contribution in [0.15, 0.2) is 4.99 Å². The van der Waals surface area contributed by atoms with E-state index in [-0.39, 0.29) is 24.0 Å². The molecular formula is C15H31IN6O2. The molecule has 0 saturated carbocycles. The van der Waals surface area contributed by atoms with Crippen molar-refractivity contribution in [1.82, 2.24) is 25.4 Å². The summed E-state index contributed by atoms with van der Waals surface area (Å²) in [4.78, 5) is 4.16. The number of aryl methyl sites for hydroxylation is 1. The van der Waals surface area contributed by atoms with E-state index < -0.39 is 0 Å². The smallest absolute Gasteiger partial charge is 0.191 e. The maximum absolute atomic E-state index is 5.50. The Morgan fingerprint density at radius 2 is 1.83 bits per heavy atom. The normalized spacial score (nSPS) is 11.2. The van der Waals surface area contributed by atoms with Crippen LogP contribution in [0.25, 0.3) is 0 Å². The van der Waals surface area contributed by atoms with Crippen LogP contribution in [0.4, 0.5) is 0 Å². The summed E-state index contributed by atoms with van der Waals surface area (Å²) in [6, 6.07) is 0. The number of hydrogen-bond donors (Lipinski definition) is 2. The fourth-order valence-corrected chi connectivity index (χ4v) is 1.80. The first-order chi connectivity index (χ1) is 11.2. The highest BCUT2D eigenvalue weighted by atomic mass is 127. The van der Waals surface area contributed by atoms with Gasteiger partial charge in [-0.3, -0.25) is 4.99 Å². The molecule has 0 radical (unpaired) electrons. The standard InChI is InChI=1S/C15H30N6O2.HI/c1-5-6-8-22-10-11-23-9-7-17-15(16-3)18-12-14-20-19-13(2)21(14)4;/h5-12H2,1-4H3,(H2,16,17,18);1H. The number of halogens is 1. The van der Waals surface area contributed by atoms with E-state index in [2.05, 4.69) is 32.7 Å². The van der Waals surface area contributed by atoms with Crippen LogP contribution in [-0.2, 0) is 23.1 Å². The Bertz CT molecular complexity index is 467. The molecule has 0 saturated heterocycles. The van der Waals surface area contributed by atoms with E-state index in [0.717, 1.165) is 31.1 Å². The first kappa shape index (κ1) is 23.1. The van der Waals surface area contributed by atoms with Crippen LogP contribution < -0.4 is 10.6 Å². The second-order valence-corrected chi connectivity index (χ2v) is 5.15. The molecule has 0 atom stereocenters. The molecule has 0 spiro atoms. The number of nitrogens with zero attached hydrogens (tertiary/aromatic N) is 4. The lowest BCUT2D eigenvalue weighted by molar-refractivity contribution is 0.0487. The molecule has 1 rings (SSSR count). The highest BCUT2D eigenvalue weighted by molar-refractivity contribution is 14.0. The van der Waals surface area contributed by atoms with Crippen molar-refractivity contribution < 1.29 is 9.47 Å². The van der Waals surface area contributed by atoms with Gasteiger partial charge in [0.05, 0.1) is 26.4 Å². The summed E-state index contributed by atoms with van der Waals surface area (Å²) in [6.45, 7) is 8.03. The van der Waals surface area contributed by atoms with Crippen molar-refractivity contribution in [3.63, 3.8) is 0 Å². The van der Waals surface area contributed by atoms with Gasteiger partial charge in [-0.25, -0.2) is 0 Å². The van der Waals surface area contributed by atoms with Gasteiger partial charge in [0.25, 0.3) is 0 Å². The van der Waals surface area contributed by atoms with Crippen molar-refractivity contribution in [2.24, 2.45) is 12.0 Å². The van der Waals surface area contributed by atoms with E-state index >= 15 is 0 Å². The number of aliphatic imine (C=N–C) groups is 1. The van der Waals surface area contributed by atoms with Crippen molar-refractivity contribution >= 4 is 29.9 Å². The maximum Gasteiger partial charge on any atom is 0.191 e. The van der Waals surface area contributed by atoms with Gasteiger partial charge < -0.3 is 24.7 Å². The molecule has 9 heteroatoms. The molecule has 0 unspecified atom stereocenters. The van der Waals surface area contributed by atoms with E-state index in [1.165, 1.54) is 0 Å². The maximum atomic E-state index is 5.50. The van der Waals surface area contributed by atoms with E-state index in [4.69, 9.17) is 9.47 Å². The Labute approximate surface area is 161 Å². The minimum Gasteiger partial charge on any atom is -0.379 e. The van der Waals surface area contributed by atoms with Gasteiger partial charge in [0.15, 0.2) is 11.8 Å². The van der Waals surface area contributed by atoms with Gasteiger partial charge in [0.2, 0.25) is 0 Å². The van der Waals surface area contributed by atoms with Gasteiger partial charge in [-0.1, -0.05) is 13.3 Å². The van der Waals surface area contributed by atoms with E-state index in [9.17, 15) is 0 Å². The summed E-state index contributed by atoms with van der Waals surface area (Å²) in [5, 5.41) is 14.5. The van der Waals surface area contributed by atoms with E-state index in [1.807, 2.05) is 18.5 Å². The van der Waals surface area contributed by atoms with Crippen LogP contribution in [0.1, 0.15) is 31.4 Å². The average molecular weight is 454 g/mol. The predicted octanol–water partition coefficient (Wildman–Crippen LogP) is 1.24. The summed E-state index contributed by atoms with van der Waals surface area (Å²) in [6.07, 6.45) is 2.26. The quantitative estimate of drug-likeness (QED) is 0.227. The van der Waals surface area contributed by atoms with Crippen LogP contribution in [0.5, 0.6) is 0 Å². The first-order valence-corrected chi connectivity index (χ1v) is 8.13. The van der Waals surface area contributed by atoms with Gasteiger partial charge >= 0.3 is 0 Å². The minimum atomic E-state index is 0. The van der Waals surface area contributed by atoms with Crippen LogP contribution in [0, 0.1) is 6.92 Å². The Balaban J connectivity index is 0.00000529. The molecule has 2 N–H and O–H groups in total. The topological polar surface area (TPSA) is 85.6 Å². The van der Waals surface area contributed by atoms with Gasteiger partial charge in [-0.2, -0.15) is 0 Å². The van der Waals surface area contributed by atoms with E-state index in [1.54, 1.807) is 7.05 Å². The molecule has 0 aliphatic heterocycles. The Hall–Kier alpha value is -0.940. The molecule has 1 aromatic heterocycles. The third kappa shape index (κ3) is 9.38. The Morgan fingerprint density at radius 3 is 2.42 bits per heavy atom. The molecule has 8 nitrogen and oxygen atoms in total. The van der Waals surface area contributed by atoms with Gasteiger partial charge in [-0.05, 0) is 13.3 Å². The zero-order chi connectivity index (χ0) is 16.9. The lowest BCUT2D eigenvalue weighted by Crippen LogP contribution is -2.39. The number of unbranched alkanes of at least 4 members (excludes halogenated alkanes) is 1. The molecule has 0 aliphatic rings. The molecule has 24 heavy (non-hydrogen) atoms. The molecule has 140 valence electrons. The van der Waals surface area contributed by atoms with E-state index in [0.29, 0.717) is 38.9 Å². The highest BCUT2D eigenvalue weighted by Gasteiger charge is 2.05. The fraction of sp³-hybridized carbons (Fsp3) is 0.800. The molecule has 0 amide bonds. The highest BCUT2D eigenvalue weighted by Crippen LogP contribution is 1.96. The van der Waals surface area contributed by atoms with Crippen LogP contribution >= 0.6 is 24.0 Å². The average Bonchev–Trinajstić information content (AvgIpc) is 2.88. The first-order valence-electron chi connectivity index (χ1n) is 8.13. The molecule has 0 aromatic carbocycles. The zero-order valence-electron chi connectivity index (χ0n) is 15.2. The molecule has 0 bridgehead atoms. The molecular weight excluding hydrogens is 423 g/mol. The largest absolute Gasteiger partial charge is 0.379 e. The second-order valence-electron chi connectivity index (χ2n) is 5.15. The Kier molecular flexibility index (Phi) is 13.8. The van der Waals surface area contributed by atoms with Gasteiger partial charge in [0.1, 0.15) is 5.82 Å². The lowest BCUT2D eigenvalue weighted by atomic mass is 10.4. The SMILES string of the molecule is CCCCOCCOCCNC(=NC)NCc1nnc(C)n1C.I. The second kappa shape index (κ2) is 14.4. The van der Waals surface area contributed by atoms with Crippen molar-refractivity contribution in [1.29, 1.82) is 0 Å². The molecule has 1 heterocycles. The van der Waals surface area contributed by atoms with Crippen molar-refractivity contribution in [3.05, 3.63) is 11.6 Å². The predicted molar refractivity (Wildman–Crippen MR) is 106 cm³/mol. The molecule has 1 aromatic rings. The van der Waals surface area contributed by atoms with Crippen molar-refractivity contribution in [2.75, 3.05) is 40.0 Å². The summed E-state index contributed by atoms with van der Waals surface area (Å²) in [5.74, 6) is 2.47. The fourth-order valence-electron chi connectivity index (χ4n) is 1.80. The number of ether oxygens (including phenoxy) is 2. The van der Waals surface area contributed by atoms with Gasteiger partial charge in [0, 0.05) is 27.2 Å². The molecule has 0 aliphatic carbocycles. The molecule has 0 fully saturated rings. The van der Waals surface area contributed by atoms with Gasteiger partial charge in [-0.15, -0.1) is 34.2 Å². The monoisotopic (exact) mass is 454 g/mol. The number of rotatable bonds is 11.